The number of rotatable bonds is 3. The predicted molar refractivity (Wildman–Crippen MR) is 190 cm³/mol. The maximum atomic E-state index is 2.38. The van der Waals surface area contributed by atoms with Gasteiger partial charge in [0, 0.05) is 0 Å². The minimum atomic E-state index is 1.23. The zero-order valence-corrected chi connectivity index (χ0v) is 24.2. The molecule has 0 aliphatic heterocycles. The molecule has 9 rings (SSSR count). The first kappa shape index (κ1) is 24.8. The van der Waals surface area contributed by atoms with Crippen LogP contribution in [0.25, 0.3) is 87.2 Å². The number of hydrogen-bond acceptors (Lipinski definition) is 0. The summed E-state index contributed by atoms with van der Waals surface area (Å²) in [6.07, 6.45) is 0. The first-order chi connectivity index (χ1) is 21.8. The van der Waals surface area contributed by atoms with Gasteiger partial charge in [0.2, 0.25) is 0 Å². The Morgan fingerprint density at radius 3 is 1.36 bits per heavy atom. The maximum Gasteiger partial charge on any atom is -0.00262 e. The lowest BCUT2D eigenvalue weighted by atomic mass is 9.85. The molecule has 0 spiro atoms. The molecule has 204 valence electrons. The predicted octanol–water partition coefficient (Wildman–Crippen LogP) is 12.5. The van der Waals surface area contributed by atoms with Gasteiger partial charge in [-0.05, 0) is 105 Å². The summed E-state index contributed by atoms with van der Waals surface area (Å²) in [7, 11) is 0. The van der Waals surface area contributed by atoms with Gasteiger partial charge in [0.15, 0.2) is 0 Å². The molecule has 0 bridgehead atoms. The molecule has 0 heterocycles. The summed E-state index contributed by atoms with van der Waals surface area (Å²) in [6, 6.07) is 62.3. The number of benzene rings is 9. The van der Waals surface area contributed by atoms with Gasteiger partial charge in [-0.25, -0.2) is 0 Å². The van der Waals surface area contributed by atoms with E-state index in [0.29, 0.717) is 0 Å². The van der Waals surface area contributed by atoms with Crippen LogP contribution in [0.1, 0.15) is 0 Å². The smallest absolute Gasteiger partial charge is 0.00262 e. The van der Waals surface area contributed by atoms with E-state index in [1.54, 1.807) is 0 Å². The van der Waals surface area contributed by atoms with Crippen molar-refractivity contribution in [3.05, 3.63) is 170 Å². The third kappa shape index (κ3) is 3.92. The lowest BCUT2D eigenvalue weighted by Crippen LogP contribution is -1.91. The van der Waals surface area contributed by atoms with E-state index in [-0.39, 0.29) is 0 Å². The molecule has 9 aromatic rings. The van der Waals surface area contributed by atoms with E-state index >= 15 is 0 Å². The van der Waals surface area contributed by atoms with Crippen molar-refractivity contribution in [3.8, 4) is 33.4 Å². The Bertz CT molecular complexity index is 2460. The van der Waals surface area contributed by atoms with Gasteiger partial charge >= 0.3 is 0 Å². The van der Waals surface area contributed by atoms with E-state index in [9.17, 15) is 0 Å². The monoisotopic (exact) mass is 556 g/mol. The van der Waals surface area contributed by atoms with E-state index in [0.717, 1.165) is 0 Å². The SMILES string of the molecule is c1ccc(-c2ccc(-c3c4ccccc4c(-c4ccc5cc6c(ccc7ccccc76)cc5c4)c4ccccc34)cc2)cc1. The lowest BCUT2D eigenvalue weighted by Gasteiger charge is -2.18. The van der Waals surface area contributed by atoms with Crippen LogP contribution in [0.3, 0.4) is 0 Å². The summed E-state index contributed by atoms with van der Waals surface area (Å²) in [5.41, 5.74) is 7.54. The second kappa shape index (κ2) is 9.93. The van der Waals surface area contributed by atoms with E-state index < -0.39 is 0 Å². The van der Waals surface area contributed by atoms with Gasteiger partial charge < -0.3 is 0 Å². The molecule has 0 aliphatic rings. The van der Waals surface area contributed by atoms with Gasteiger partial charge in [0.1, 0.15) is 0 Å². The van der Waals surface area contributed by atoms with Crippen molar-refractivity contribution in [3.63, 3.8) is 0 Å². The molecule has 44 heavy (non-hydrogen) atoms. The number of hydrogen-bond donors (Lipinski definition) is 0. The van der Waals surface area contributed by atoms with Crippen molar-refractivity contribution in [2.45, 2.75) is 0 Å². The fourth-order valence-corrected chi connectivity index (χ4v) is 7.12. The average Bonchev–Trinajstić information content (AvgIpc) is 3.10. The Morgan fingerprint density at radius 2 is 0.682 bits per heavy atom. The van der Waals surface area contributed by atoms with Crippen LogP contribution in [-0.4, -0.2) is 0 Å². The molecule has 0 radical (unpaired) electrons. The summed E-state index contributed by atoms with van der Waals surface area (Å²) in [6.45, 7) is 0. The highest BCUT2D eigenvalue weighted by atomic mass is 14.2. The van der Waals surface area contributed by atoms with E-state index in [2.05, 4.69) is 170 Å². The molecular weight excluding hydrogens is 528 g/mol. The molecule has 0 N–H and O–H groups in total. The van der Waals surface area contributed by atoms with Gasteiger partial charge in [0.25, 0.3) is 0 Å². The van der Waals surface area contributed by atoms with Crippen LogP contribution in [0.15, 0.2) is 170 Å². The normalized spacial score (nSPS) is 11.6. The summed E-state index contributed by atoms with van der Waals surface area (Å²) in [5.74, 6) is 0. The third-order valence-corrected chi connectivity index (χ3v) is 9.20. The molecule has 0 fully saturated rings. The van der Waals surface area contributed by atoms with Crippen LogP contribution in [0.5, 0.6) is 0 Å². The zero-order valence-electron chi connectivity index (χ0n) is 24.2. The highest BCUT2D eigenvalue weighted by molar-refractivity contribution is 6.22. The van der Waals surface area contributed by atoms with Crippen LogP contribution in [-0.2, 0) is 0 Å². The van der Waals surface area contributed by atoms with Crippen LogP contribution >= 0.6 is 0 Å². The van der Waals surface area contributed by atoms with Gasteiger partial charge in [-0.3, -0.25) is 0 Å². The molecule has 9 aromatic carbocycles. The molecule has 0 unspecified atom stereocenters. The highest BCUT2D eigenvalue weighted by Crippen LogP contribution is 2.44. The van der Waals surface area contributed by atoms with Crippen molar-refractivity contribution >= 4 is 53.9 Å². The van der Waals surface area contributed by atoms with Crippen LogP contribution in [0, 0.1) is 0 Å². The minimum Gasteiger partial charge on any atom is -0.0622 e. The Labute approximate surface area is 256 Å². The Kier molecular flexibility index (Phi) is 5.61. The first-order valence-corrected chi connectivity index (χ1v) is 15.3. The van der Waals surface area contributed by atoms with E-state index in [4.69, 9.17) is 0 Å². The largest absolute Gasteiger partial charge is 0.0622 e. The summed E-state index contributed by atoms with van der Waals surface area (Å²) < 4.78 is 0. The van der Waals surface area contributed by atoms with E-state index in [1.165, 1.54) is 87.2 Å². The molecular formula is C44H28. The Balaban J connectivity index is 1.27. The van der Waals surface area contributed by atoms with Crippen LogP contribution < -0.4 is 0 Å². The number of fused-ring (bicyclic) bond motifs is 6. The third-order valence-electron chi connectivity index (χ3n) is 9.20. The zero-order chi connectivity index (χ0) is 29.0. The summed E-state index contributed by atoms with van der Waals surface area (Å²) in [5, 5.41) is 12.8. The Hall–Kier alpha value is -5.72. The molecule has 0 saturated heterocycles. The van der Waals surface area contributed by atoms with Crippen LogP contribution in [0.2, 0.25) is 0 Å². The second-order valence-corrected chi connectivity index (χ2v) is 11.7. The molecule has 0 saturated carbocycles. The quantitative estimate of drug-likeness (QED) is 0.150. The lowest BCUT2D eigenvalue weighted by molar-refractivity contribution is 1.61. The van der Waals surface area contributed by atoms with Gasteiger partial charge in [0.05, 0.1) is 0 Å². The standard InChI is InChI=1S/C44H28/c1-2-10-29(11-3-1)30-18-21-32(22-19-30)43-38-14-6-8-16-40(38)44(41-17-9-7-15-39(41)43)35-25-23-33-28-42-34(26-36(33)27-35)24-20-31-12-4-5-13-37(31)42/h1-28H. The van der Waals surface area contributed by atoms with Crippen molar-refractivity contribution in [1.82, 2.24) is 0 Å². The fourth-order valence-electron chi connectivity index (χ4n) is 7.12. The molecule has 0 nitrogen and oxygen atoms in total. The van der Waals surface area contributed by atoms with Crippen LogP contribution in [0.4, 0.5) is 0 Å². The minimum absolute atomic E-state index is 1.23. The maximum absolute atomic E-state index is 2.38. The van der Waals surface area contributed by atoms with E-state index in [1.807, 2.05) is 0 Å². The molecule has 0 atom stereocenters. The van der Waals surface area contributed by atoms with Gasteiger partial charge in [-0.2, -0.15) is 0 Å². The van der Waals surface area contributed by atoms with Crippen molar-refractivity contribution in [2.75, 3.05) is 0 Å². The molecule has 0 aromatic heterocycles. The van der Waals surface area contributed by atoms with Crippen molar-refractivity contribution < 1.29 is 0 Å². The van der Waals surface area contributed by atoms with Crippen molar-refractivity contribution in [2.24, 2.45) is 0 Å². The summed E-state index contributed by atoms with van der Waals surface area (Å²) >= 11 is 0. The second-order valence-electron chi connectivity index (χ2n) is 11.7. The molecule has 0 aliphatic carbocycles. The van der Waals surface area contributed by atoms with Gasteiger partial charge in [-0.1, -0.05) is 152 Å². The molecule has 0 heteroatoms. The Morgan fingerprint density at radius 1 is 0.205 bits per heavy atom. The first-order valence-electron chi connectivity index (χ1n) is 15.3. The highest BCUT2D eigenvalue weighted by Gasteiger charge is 2.17. The molecule has 0 amide bonds. The van der Waals surface area contributed by atoms with Gasteiger partial charge in [-0.15, -0.1) is 0 Å². The average molecular weight is 557 g/mol. The topological polar surface area (TPSA) is 0 Å². The fraction of sp³-hybridized carbons (Fsp3) is 0. The van der Waals surface area contributed by atoms with Crippen molar-refractivity contribution in [1.29, 1.82) is 0 Å². The summed E-state index contributed by atoms with van der Waals surface area (Å²) in [4.78, 5) is 0.